The molecule has 0 aliphatic heterocycles. The molecular formula is C18H36O4. The molecule has 0 rings (SSSR count). The van der Waals surface area contributed by atoms with Crippen molar-refractivity contribution in [3.8, 4) is 0 Å². The first-order valence-corrected chi connectivity index (χ1v) is 8.60. The summed E-state index contributed by atoms with van der Waals surface area (Å²) in [6, 6.07) is 0. The fourth-order valence-corrected chi connectivity index (χ4v) is 2.44. The minimum Gasteiger partial charge on any atom is -0.481 e. The van der Waals surface area contributed by atoms with Crippen LogP contribution < -0.4 is 0 Å². The van der Waals surface area contributed by atoms with Crippen molar-refractivity contribution in [1.29, 1.82) is 0 Å². The first kappa shape index (κ1) is 23.2. The van der Waals surface area contributed by atoms with E-state index in [1.165, 1.54) is 0 Å². The number of rotatable bonds is 10. The number of hydrogen-bond acceptors (Lipinski definition) is 2. The molecule has 1 unspecified atom stereocenters. The third-order valence-corrected chi connectivity index (χ3v) is 4.50. The van der Waals surface area contributed by atoms with Crippen LogP contribution in [0.5, 0.6) is 0 Å². The molecule has 0 aliphatic carbocycles. The third kappa shape index (κ3) is 8.40. The van der Waals surface area contributed by atoms with Gasteiger partial charge in [-0.05, 0) is 39.5 Å². The Morgan fingerprint density at radius 1 is 0.727 bits per heavy atom. The molecule has 0 bridgehead atoms. The molecule has 0 spiro atoms. The van der Waals surface area contributed by atoms with Crippen molar-refractivity contribution >= 4 is 11.9 Å². The van der Waals surface area contributed by atoms with Gasteiger partial charge in [0.1, 0.15) is 0 Å². The maximum absolute atomic E-state index is 10.8. The van der Waals surface area contributed by atoms with Crippen LogP contribution in [0.25, 0.3) is 0 Å². The predicted molar refractivity (Wildman–Crippen MR) is 91.1 cm³/mol. The van der Waals surface area contributed by atoms with Crippen LogP contribution in [0, 0.1) is 10.8 Å². The van der Waals surface area contributed by atoms with E-state index in [1.807, 2.05) is 34.6 Å². The van der Waals surface area contributed by atoms with Crippen LogP contribution in [0.3, 0.4) is 0 Å². The lowest BCUT2D eigenvalue weighted by atomic mass is 9.81. The van der Waals surface area contributed by atoms with E-state index in [-0.39, 0.29) is 0 Å². The van der Waals surface area contributed by atoms with E-state index < -0.39 is 22.8 Å². The Morgan fingerprint density at radius 3 is 1.36 bits per heavy atom. The van der Waals surface area contributed by atoms with Crippen LogP contribution in [-0.2, 0) is 9.59 Å². The maximum Gasteiger partial charge on any atom is 0.309 e. The fourth-order valence-electron chi connectivity index (χ4n) is 2.44. The Morgan fingerprint density at radius 2 is 1.14 bits per heavy atom. The van der Waals surface area contributed by atoms with Crippen molar-refractivity contribution in [3.63, 3.8) is 0 Å². The van der Waals surface area contributed by atoms with E-state index in [1.54, 1.807) is 0 Å². The molecule has 132 valence electrons. The molecule has 0 aromatic heterocycles. The fraction of sp³-hybridized carbons (Fsp3) is 0.889. The van der Waals surface area contributed by atoms with Gasteiger partial charge < -0.3 is 10.2 Å². The summed E-state index contributed by atoms with van der Waals surface area (Å²) in [5, 5.41) is 17.8. The average Bonchev–Trinajstić information content (AvgIpc) is 2.45. The Balaban J connectivity index is 0. The molecule has 22 heavy (non-hydrogen) atoms. The van der Waals surface area contributed by atoms with Crippen LogP contribution in [0.1, 0.15) is 92.9 Å². The second kappa shape index (κ2) is 11.5. The van der Waals surface area contributed by atoms with Gasteiger partial charge in [-0.2, -0.15) is 0 Å². The Bertz CT molecular complexity index is 319. The summed E-state index contributed by atoms with van der Waals surface area (Å²) in [4.78, 5) is 21.6. The highest BCUT2D eigenvalue weighted by Crippen LogP contribution is 2.29. The quantitative estimate of drug-likeness (QED) is 0.569. The molecule has 0 saturated heterocycles. The number of carboxylic acids is 2. The highest BCUT2D eigenvalue weighted by Gasteiger charge is 2.30. The van der Waals surface area contributed by atoms with Crippen LogP contribution in [0.15, 0.2) is 0 Å². The molecule has 4 nitrogen and oxygen atoms in total. The van der Waals surface area contributed by atoms with Gasteiger partial charge in [0, 0.05) is 0 Å². The van der Waals surface area contributed by atoms with Crippen LogP contribution in [-0.4, -0.2) is 22.2 Å². The molecular weight excluding hydrogens is 280 g/mol. The van der Waals surface area contributed by atoms with Gasteiger partial charge in [0.2, 0.25) is 0 Å². The molecule has 0 aromatic carbocycles. The average molecular weight is 316 g/mol. The highest BCUT2D eigenvalue weighted by molar-refractivity contribution is 5.74. The van der Waals surface area contributed by atoms with E-state index >= 15 is 0 Å². The molecule has 0 amide bonds. The Kier molecular flexibility index (Phi) is 12.1. The van der Waals surface area contributed by atoms with Gasteiger partial charge >= 0.3 is 11.9 Å². The summed E-state index contributed by atoms with van der Waals surface area (Å²) >= 11 is 0. The first-order chi connectivity index (χ1) is 10.1. The van der Waals surface area contributed by atoms with Crippen LogP contribution in [0.4, 0.5) is 0 Å². The number of hydrogen-bond donors (Lipinski definition) is 2. The Labute approximate surface area is 136 Å². The van der Waals surface area contributed by atoms with E-state index in [2.05, 4.69) is 6.92 Å². The van der Waals surface area contributed by atoms with Crippen molar-refractivity contribution in [2.75, 3.05) is 0 Å². The van der Waals surface area contributed by atoms with E-state index in [4.69, 9.17) is 10.2 Å². The van der Waals surface area contributed by atoms with Gasteiger partial charge in [0.25, 0.3) is 0 Å². The third-order valence-electron chi connectivity index (χ3n) is 4.50. The summed E-state index contributed by atoms with van der Waals surface area (Å²) in [6.45, 7) is 11.7. The summed E-state index contributed by atoms with van der Waals surface area (Å²) in [7, 11) is 0. The zero-order chi connectivity index (χ0) is 17.8. The molecule has 4 heteroatoms. The minimum atomic E-state index is -0.659. The van der Waals surface area contributed by atoms with Gasteiger partial charge in [0.15, 0.2) is 0 Å². The number of carboxylic acid groups (broad SMARTS) is 2. The zero-order valence-electron chi connectivity index (χ0n) is 15.4. The van der Waals surface area contributed by atoms with Gasteiger partial charge in [0.05, 0.1) is 10.8 Å². The van der Waals surface area contributed by atoms with Crippen molar-refractivity contribution in [1.82, 2.24) is 0 Å². The van der Waals surface area contributed by atoms with Crippen molar-refractivity contribution in [3.05, 3.63) is 0 Å². The highest BCUT2D eigenvalue weighted by atomic mass is 16.4. The Hall–Kier alpha value is -1.06. The monoisotopic (exact) mass is 316 g/mol. The van der Waals surface area contributed by atoms with Gasteiger partial charge in [-0.1, -0.05) is 53.4 Å². The second-order valence-corrected chi connectivity index (χ2v) is 6.69. The summed E-state index contributed by atoms with van der Waals surface area (Å²) in [5.74, 6) is -1.31. The van der Waals surface area contributed by atoms with Crippen molar-refractivity contribution in [2.24, 2.45) is 10.8 Å². The lowest BCUT2D eigenvalue weighted by Gasteiger charge is -2.23. The molecule has 0 heterocycles. The lowest BCUT2D eigenvalue weighted by Crippen LogP contribution is -2.26. The molecule has 0 aliphatic rings. The van der Waals surface area contributed by atoms with Crippen molar-refractivity contribution in [2.45, 2.75) is 92.9 Å². The number of carbonyl (C=O) groups is 2. The normalized spacial score (nSPS) is 13.7. The standard InChI is InChI=1S/2C9H18O2/c1-4-6-7-9(3,5-2)8(10)11;1-4-6-9(3,7-5-2)8(10)11/h2*4-7H2,1-3H3,(H,10,11). The topological polar surface area (TPSA) is 74.6 Å². The van der Waals surface area contributed by atoms with E-state index in [0.717, 1.165) is 51.4 Å². The smallest absolute Gasteiger partial charge is 0.309 e. The van der Waals surface area contributed by atoms with Crippen molar-refractivity contribution < 1.29 is 19.8 Å². The summed E-state index contributed by atoms with van der Waals surface area (Å²) in [5.41, 5.74) is -0.973. The molecule has 0 saturated carbocycles. The molecule has 1 atom stereocenters. The summed E-state index contributed by atoms with van der Waals surface area (Å²) in [6.07, 6.45) is 7.08. The molecule has 2 N–H and O–H groups in total. The molecule has 0 aromatic rings. The largest absolute Gasteiger partial charge is 0.481 e. The number of aliphatic carboxylic acids is 2. The molecule has 0 radical (unpaired) electrons. The zero-order valence-corrected chi connectivity index (χ0v) is 15.4. The predicted octanol–water partition coefficient (Wildman–Crippen LogP) is 5.36. The van der Waals surface area contributed by atoms with E-state index in [0.29, 0.717) is 0 Å². The second-order valence-electron chi connectivity index (χ2n) is 6.69. The summed E-state index contributed by atoms with van der Waals surface area (Å²) < 4.78 is 0. The van der Waals surface area contributed by atoms with Crippen LogP contribution in [0.2, 0.25) is 0 Å². The van der Waals surface area contributed by atoms with Gasteiger partial charge in [-0.15, -0.1) is 0 Å². The SMILES string of the molecule is CCCC(C)(CCC)C(=O)O.CCCCC(C)(CC)C(=O)O. The lowest BCUT2D eigenvalue weighted by molar-refractivity contribution is -0.149. The van der Waals surface area contributed by atoms with Crippen LogP contribution >= 0.6 is 0 Å². The van der Waals surface area contributed by atoms with E-state index in [9.17, 15) is 9.59 Å². The minimum absolute atomic E-state index is 0.483. The number of unbranched alkanes of at least 4 members (excludes halogenated alkanes) is 1. The first-order valence-electron chi connectivity index (χ1n) is 8.60. The van der Waals surface area contributed by atoms with Gasteiger partial charge in [-0.25, -0.2) is 0 Å². The van der Waals surface area contributed by atoms with Gasteiger partial charge in [-0.3, -0.25) is 9.59 Å². The molecule has 0 fully saturated rings. The maximum atomic E-state index is 10.8.